The number of ether oxygens (including phenoxy) is 1. The fourth-order valence-corrected chi connectivity index (χ4v) is 2.99. The molecule has 19 heavy (non-hydrogen) atoms. The maximum absolute atomic E-state index is 12.4. The first-order valence-electron chi connectivity index (χ1n) is 6.24. The third-order valence-electron chi connectivity index (χ3n) is 2.81. The highest BCUT2D eigenvalue weighted by atomic mass is 32.1. The molecule has 0 aliphatic carbocycles. The zero-order valence-electron chi connectivity index (χ0n) is 11.0. The van der Waals surface area contributed by atoms with E-state index in [0.29, 0.717) is 18.0 Å². The first-order valence-corrected chi connectivity index (χ1v) is 7.06. The number of aliphatic hydroxyl groups is 1. The van der Waals surface area contributed by atoms with E-state index in [-0.39, 0.29) is 24.7 Å². The molecule has 5 heteroatoms. The van der Waals surface area contributed by atoms with Crippen molar-refractivity contribution in [2.24, 2.45) is 0 Å². The van der Waals surface area contributed by atoms with Crippen molar-refractivity contribution < 1.29 is 14.6 Å². The summed E-state index contributed by atoms with van der Waals surface area (Å²) in [5, 5.41) is 8.65. The molecule has 1 aliphatic heterocycles. The van der Waals surface area contributed by atoms with Gasteiger partial charge in [0.2, 0.25) is 0 Å². The van der Waals surface area contributed by atoms with Gasteiger partial charge in [-0.15, -0.1) is 11.3 Å². The molecule has 102 valence electrons. The molecule has 0 radical (unpaired) electrons. The molecule has 2 heterocycles. The summed E-state index contributed by atoms with van der Waals surface area (Å²) < 4.78 is 5.62. The third kappa shape index (κ3) is 3.57. The van der Waals surface area contributed by atoms with Crippen molar-refractivity contribution in [1.29, 1.82) is 0 Å². The molecule has 1 amide bonds. The van der Waals surface area contributed by atoms with E-state index in [1.807, 2.05) is 24.8 Å². The summed E-state index contributed by atoms with van der Waals surface area (Å²) in [5.41, 5.74) is 0. The van der Waals surface area contributed by atoms with Crippen LogP contribution in [0.1, 0.15) is 28.4 Å². The molecule has 1 aromatic rings. The lowest BCUT2D eigenvalue weighted by Gasteiger charge is -2.35. The standard InChI is InChI=1S/C14H17NO3S/c1-10-8-15(9-11(2)18-10)14(17)13-6-5-12(19-13)4-3-7-16/h5-6,10-11,16H,7-9H2,1-2H3. The number of rotatable bonds is 1. The van der Waals surface area contributed by atoms with Crippen LogP contribution in [0.4, 0.5) is 0 Å². The van der Waals surface area contributed by atoms with E-state index < -0.39 is 0 Å². The molecule has 0 spiro atoms. The molecule has 1 aliphatic rings. The van der Waals surface area contributed by atoms with E-state index in [4.69, 9.17) is 9.84 Å². The van der Waals surface area contributed by atoms with Crippen LogP contribution < -0.4 is 0 Å². The molecule has 1 saturated heterocycles. The fraction of sp³-hybridized carbons (Fsp3) is 0.500. The fourth-order valence-electron chi connectivity index (χ4n) is 2.15. The second kappa shape index (κ2) is 6.20. The van der Waals surface area contributed by atoms with Gasteiger partial charge >= 0.3 is 0 Å². The van der Waals surface area contributed by atoms with Gasteiger partial charge in [0.15, 0.2) is 0 Å². The molecule has 1 fully saturated rings. The van der Waals surface area contributed by atoms with E-state index >= 15 is 0 Å². The van der Waals surface area contributed by atoms with Gasteiger partial charge in [0.05, 0.1) is 22.0 Å². The molecule has 4 nitrogen and oxygen atoms in total. The molecule has 0 aromatic carbocycles. The van der Waals surface area contributed by atoms with Crippen LogP contribution in [0, 0.1) is 11.8 Å². The van der Waals surface area contributed by atoms with E-state index in [1.54, 1.807) is 6.07 Å². The minimum Gasteiger partial charge on any atom is -0.384 e. The third-order valence-corrected chi connectivity index (χ3v) is 3.80. The second-order valence-electron chi connectivity index (χ2n) is 4.59. The molecule has 2 rings (SSSR count). The van der Waals surface area contributed by atoms with Crippen molar-refractivity contribution in [3.05, 3.63) is 21.9 Å². The molecule has 0 bridgehead atoms. The monoisotopic (exact) mass is 279 g/mol. The lowest BCUT2D eigenvalue weighted by atomic mass is 10.2. The van der Waals surface area contributed by atoms with Gasteiger partial charge in [0.1, 0.15) is 6.61 Å². The van der Waals surface area contributed by atoms with E-state index in [1.165, 1.54) is 11.3 Å². The number of nitrogens with zero attached hydrogens (tertiary/aromatic N) is 1. The van der Waals surface area contributed by atoms with Gasteiger partial charge in [0.25, 0.3) is 5.91 Å². The van der Waals surface area contributed by atoms with Crippen LogP contribution in [0.25, 0.3) is 0 Å². The van der Waals surface area contributed by atoms with Crippen molar-refractivity contribution in [3.8, 4) is 11.8 Å². The maximum Gasteiger partial charge on any atom is 0.264 e. The number of thiophene rings is 1. The Morgan fingerprint density at radius 3 is 2.79 bits per heavy atom. The summed E-state index contributed by atoms with van der Waals surface area (Å²) in [6.07, 6.45) is 0.141. The minimum atomic E-state index is -0.167. The Labute approximate surface area is 117 Å². The van der Waals surface area contributed by atoms with Crippen LogP contribution in [0.5, 0.6) is 0 Å². The van der Waals surface area contributed by atoms with Gasteiger partial charge in [-0.3, -0.25) is 4.79 Å². The maximum atomic E-state index is 12.4. The van der Waals surface area contributed by atoms with Crippen molar-refractivity contribution in [2.45, 2.75) is 26.1 Å². The Morgan fingerprint density at radius 1 is 1.47 bits per heavy atom. The topological polar surface area (TPSA) is 49.8 Å². The summed E-state index contributed by atoms with van der Waals surface area (Å²) in [5.74, 6) is 5.43. The van der Waals surface area contributed by atoms with Crippen LogP contribution in [0.2, 0.25) is 0 Å². The van der Waals surface area contributed by atoms with Crippen LogP contribution in [-0.2, 0) is 4.74 Å². The lowest BCUT2D eigenvalue weighted by molar-refractivity contribution is -0.0585. The number of carbonyl (C=O) groups is 1. The predicted molar refractivity (Wildman–Crippen MR) is 74.2 cm³/mol. The van der Waals surface area contributed by atoms with Gasteiger partial charge in [-0.2, -0.15) is 0 Å². The summed E-state index contributed by atoms with van der Waals surface area (Å²) in [7, 11) is 0. The van der Waals surface area contributed by atoms with E-state index in [9.17, 15) is 4.79 Å². The summed E-state index contributed by atoms with van der Waals surface area (Å²) in [4.78, 5) is 15.7. The van der Waals surface area contributed by atoms with E-state index in [0.717, 1.165) is 4.88 Å². The Hall–Kier alpha value is -1.35. The predicted octanol–water partition coefficient (Wildman–Crippen LogP) is 1.34. The summed E-state index contributed by atoms with van der Waals surface area (Å²) >= 11 is 1.36. The van der Waals surface area contributed by atoms with Crippen molar-refractivity contribution >= 4 is 17.2 Å². The van der Waals surface area contributed by atoms with Crippen LogP contribution in [0.15, 0.2) is 12.1 Å². The Bertz CT molecular complexity index is 504. The smallest absolute Gasteiger partial charge is 0.264 e. The first-order chi connectivity index (χ1) is 9.10. The molecular weight excluding hydrogens is 262 g/mol. The van der Waals surface area contributed by atoms with Crippen molar-refractivity contribution in [1.82, 2.24) is 4.90 Å². The Morgan fingerprint density at radius 2 is 2.16 bits per heavy atom. The van der Waals surface area contributed by atoms with Crippen LogP contribution in [0.3, 0.4) is 0 Å². The normalized spacial score (nSPS) is 22.8. The molecule has 2 unspecified atom stereocenters. The number of hydrogen-bond donors (Lipinski definition) is 1. The van der Waals surface area contributed by atoms with E-state index in [2.05, 4.69) is 11.8 Å². The summed E-state index contributed by atoms with van der Waals surface area (Å²) in [6.45, 7) is 5.03. The Kier molecular flexibility index (Phi) is 4.59. The van der Waals surface area contributed by atoms with Crippen LogP contribution >= 0.6 is 11.3 Å². The zero-order chi connectivity index (χ0) is 13.8. The minimum absolute atomic E-state index is 0.0315. The molecule has 0 saturated carbocycles. The van der Waals surface area contributed by atoms with Crippen molar-refractivity contribution in [2.75, 3.05) is 19.7 Å². The zero-order valence-corrected chi connectivity index (χ0v) is 11.9. The quantitative estimate of drug-likeness (QED) is 0.789. The number of morpholine rings is 1. The molecular formula is C14H17NO3S. The van der Waals surface area contributed by atoms with Gasteiger partial charge in [-0.25, -0.2) is 0 Å². The Balaban J connectivity index is 2.08. The second-order valence-corrected chi connectivity index (χ2v) is 5.68. The average Bonchev–Trinajstić information content (AvgIpc) is 2.83. The van der Waals surface area contributed by atoms with Gasteiger partial charge < -0.3 is 14.7 Å². The number of carbonyl (C=O) groups excluding carboxylic acids is 1. The highest BCUT2D eigenvalue weighted by Crippen LogP contribution is 2.20. The van der Waals surface area contributed by atoms with Gasteiger partial charge in [0, 0.05) is 13.1 Å². The number of amides is 1. The summed E-state index contributed by atoms with van der Waals surface area (Å²) in [6, 6.07) is 3.60. The average molecular weight is 279 g/mol. The van der Waals surface area contributed by atoms with Gasteiger partial charge in [-0.1, -0.05) is 11.8 Å². The van der Waals surface area contributed by atoms with Gasteiger partial charge in [-0.05, 0) is 26.0 Å². The highest BCUT2D eigenvalue weighted by molar-refractivity contribution is 7.14. The number of aliphatic hydroxyl groups excluding tert-OH is 1. The lowest BCUT2D eigenvalue weighted by Crippen LogP contribution is -2.48. The highest BCUT2D eigenvalue weighted by Gasteiger charge is 2.27. The molecule has 1 N–H and O–H groups in total. The molecule has 1 aromatic heterocycles. The van der Waals surface area contributed by atoms with Crippen LogP contribution in [-0.4, -0.2) is 47.8 Å². The molecule has 2 atom stereocenters. The first kappa shape index (κ1) is 14.1. The largest absolute Gasteiger partial charge is 0.384 e. The SMILES string of the molecule is CC1CN(C(=O)c2ccc(C#CCO)s2)CC(C)O1. The van der Waals surface area contributed by atoms with Crippen molar-refractivity contribution in [3.63, 3.8) is 0 Å². The number of hydrogen-bond acceptors (Lipinski definition) is 4.